The summed E-state index contributed by atoms with van der Waals surface area (Å²) in [6.45, 7) is 0.128. The van der Waals surface area contributed by atoms with Crippen LogP contribution >= 0.6 is 0 Å². The molecule has 1 aliphatic rings. The van der Waals surface area contributed by atoms with Gasteiger partial charge in [-0.1, -0.05) is 54.6 Å². The number of carboxylic acid groups (broad SMARTS) is 2. The molecule has 0 spiro atoms. The fourth-order valence-corrected chi connectivity index (χ4v) is 2.83. The van der Waals surface area contributed by atoms with Crippen LogP contribution in [0.15, 0.2) is 54.6 Å². The Kier molecular flexibility index (Phi) is 8.61. The fourth-order valence-electron chi connectivity index (χ4n) is 2.83. The molecule has 2 rings (SSSR count). The average molecular weight is 416 g/mol. The summed E-state index contributed by atoms with van der Waals surface area (Å²) in [5.41, 5.74) is 0.725. The van der Waals surface area contributed by atoms with E-state index in [9.17, 15) is 19.2 Å². The Balaban J connectivity index is 2.03. The first-order chi connectivity index (χ1) is 14.3. The minimum Gasteiger partial charge on any atom is -0.481 e. The van der Waals surface area contributed by atoms with Crippen LogP contribution in [0, 0.1) is 5.92 Å². The van der Waals surface area contributed by atoms with Gasteiger partial charge >= 0.3 is 18.0 Å². The van der Waals surface area contributed by atoms with Crippen molar-refractivity contribution in [1.82, 2.24) is 10.6 Å². The molecule has 9 nitrogen and oxygen atoms in total. The molecule has 0 radical (unpaired) electrons. The smallest absolute Gasteiger partial charge is 0.407 e. The third kappa shape index (κ3) is 7.78. The van der Waals surface area contributed by atoms with Crippen molar-refractivity contribution in [2.75, 3.05) is 6.61 Å². The van der Waals surface area contributed by atoms with Gasteiger partial charge in [-0.05, 0) is 12.0 Å². The molecule has 3 unspecified atom stereocenters. The van der Waals surface area contributed by atoms with Crippen LogP contribution in [0.2, 0.25) is 0 Å². The quantitative estimate of drug-likeness (QED) is 0.453. The van der Waals surface area contributed by atoms with E-state index in [4.69, 9.17) is 14.9 Å². The molecule has 4 N–H and O–H groups in total. The Hall–Kier alpha value is -3.62. The van der Waals surface area contributed by atoms with Crippen LogP contribution < -0.4 is 10.6 Å². The van der Waals surface area contributed by atoms with E-state index in [1.807, 2.05) is 24.3 Å². The highest BCUT2D eigenvalue weighted by Gasteiger charge is 2.28. The summed E-state index contributed by atoms with van der Waals surface area (Å²) in [6, 6.07) is 6.05. The zero-order chi connectivity index (χ0) is 21.9. The lowest BCUT2D eigenvalue weighted by Crippen LogP contribution is -2.53. The first kappa shape index (κ1) is 22.7. The second-order valence-electron chi connectivity index (χ2n) is 6.79. The number of ether oxygens (including phenoxy) is 1. The SMILES string of the molecule is O=C(O)CC(NC(=O)C(Cc1ccccc1)NC(=O)OCC1C=CC=CC1)C(=O)O. The van der Waals surface area contributed by atoms with Gasteiger partial charge in [-0.2, -0.15) is 0 Å². The first-order valence-corrected chi connectivity index (χ1v) is 9.40. The topological polar surface area (TPSA) is 142 Å². The highest BCUT2D eigenvalue weighted by atomic mass is 16.5. The normalized spacial score (nSPS) is 16.9. The number of hydrogen-bond donors (Lipinski definition) is 4. The number of carboxylic acids is 2. The number of alkyl carbamates (subject to hydrolysis) is 1. The number of amides is 2. The molecule has 1 aromatic carbocycles. The zero-order valence-electron chi connectivity index (χ0n) is 16.2. The fraction of sp³-hybridized carbons (Fsp3) is 0.333. The molecular weight excluding hydrogens is 392 g/mol. The predicted octanol–water partition coefficient (Wildman–Crippen LogP) is 1.50. The molecule has 0 aromatic heterocycles. The number of rotatable bonds is 10. The van der Waals surface area contributed by atoms with Gasteiger partial charge in [0.1, 0.15) is 12.1 Å². The lowest BCUT2D eigenvalue weighted by atomic mass is 10.0. The summed E-state index contributed by atoms with van der Waals surface area (Å²) < 4.78 is 5.19. The van der Waals surface area contributed by atoms with Crippen molar-refractivity contribution in [2.24, 2.45) is 5.92 Å². The number of aliphatic carboxylic acids is 2. The first-order valence-electron chi connectivity index (χ1n) is 9.40. The van der Waals surface area contributed by atoms with E-state index in [0.717, 1.165) is 12.0 Å². The summed E-state index contributed by atoms with van der Waals surface area (Å²) in [4.78, 5) is 47.0. The van der Waals surface area contributed by atoms with Gasteiger partial charge in [0.05, 0.1) is 13.0 Å². The number of allylic oxidation sites excluding steroid dienone is 3. The second kappa shape index (κ2) is 11.4. The molecule has 3 atom stereocenters. The predicted molar refractivity (Wildman–Crippen MR) is 107 cm³/mol. The second-order valence-corrected chi connectivity index (χ2v) is 6.79. The van der Waals surface area contributed by atoms with Crippen molar-refractivity contribution in [3.8, 4) is 0 Å². The molecule has 1 aliphatic carbocycles. The third-order valence-corrected chi connectivity index (χ3v) is 4.38. The molecule has 0 fully saturated rings. The van der Waals surface area contributed by atoms with Gasteiger partial charge in [-0.25, -0.2) is 9.59 Å². The van der Waals surface area contributed by atoms with Crippen molar-refractivity contribution in [3.63, 3.8) is 0 Å². The van der Waals surface area contributed by atoms with Gasteiger partial charge in [0.2, 0.25) is 5.91 Å². The lowest BCUT2D eigenvalue weighted by molar-refractivity contribution is -0.147. The van der Waals surface area contributed by atoms with Crippen molar-refractivity contribution in [3.05, 3.63) is 60.2 Å². The van der Waals surface area contributed by atoms with Crippen LogP contribution in [0.3, 0.4) is 0 Å². The van der Waals surface area contributed by atoms with Gasteiger partial charge in [0, 0.05) is 12.3 Å². The lowest BCUT2D eigenvalue weighted by Gasteiger charge is -2.21. The summed E-state index contributed by atoms with van der Waals surface area (Å²) in [6.07, 6.45) is 6.81. The molecule has 0 saturated carbocycles. The molecule has 0 heterocycles. The largest absolute Gasteiger partial charge is 0.481 e. The molecule has 9 heteroatoms. The monoisotopic (exact) mass is 416 g/mol. The zero-order valence-corrected chi connectivity index (χ0v) is 16.2. The molecular formula is C21H24N2O7. The van der Waals surface area contributed by atoms with Crippen molar-refractivity contribution in [1.29, 1.82) is 0 Å². The number of hydrogen-bond acceptors (Lipinski definition) is 5. The molecule has 0 bridgehead atoms. The van der Waals surface area contributed by atoms with E-state index < -0.39 is 42.4 Å². The Labute approximate surface area is 173 Å². The minimum atomic E-state index is -1.62. The molecule has 2 amide bonds. The van der Waals surface area contributed by atoms with Gasteiger partial charge in [-0.15, -0.1) is 0 Å². The van der Waals surface area contributed by atoms with E-state index >= 15 is 0 Å². The van der Waals surface area contributed by atoms with E-state index in [2.05, 4.69) is 10.6 Å². The van der Waals surface area contributed by atoms with Gasteiger partial charge in [0.15, 0.2) is 0 Å². The summed E-state index contributed by atoms with van der Waals surface area (Å²) in [5, 5.41) is 22.6. The van der Waals surface area contributed by atoms with Crippen molar-refractivity contribution >= 4 is 23.9 Å². The number of nitrogens with one attached hydrogen (secondary N) is 2. The average Bonchev–Trinajstić information content (AvgIpc) is 2.72. The Morgan fingerprint density at radius 3 is 2.37 bits per heavy atom. The van der Waals surface area contributed by atoms with Crippen molar-refractivity contribution in [2.45, 2.75) is 31.3 Å². The van der Waals surface area contributed by atoms with E-state index in [0.29, 0.717) is 0 Å². The molecule has 1 aromatic rings. The van der Waals surface area contributed by atoms with Crippen LogP contribution in [0.1, 0.15) is 18.4 Å². The maximum atomic E-state index is 12.6. The number of benzene rings is 1. The van der Waals surface area contributed by atoms with E-state index in [1.54, 1.807) is 30.3 Å². The Morgan fingerprint density at radius 1 is 1.03 bits per heavy atom. The summed E-state index contributed by atoms with van der Waals surface area (Å²) in [7, 11) is 0. The van der Waals surface area contributed by atoms with Crippen LogP contribution in [0.4, 0.5) is 4.79 Å². The summed E-state index contributed by atoms with van der Waals surface area (Å²) in [5.74, 6) is -3.63. The minimum absolute atomic E-state index is 0.0362. The summed E-state index contributed by atoms with van der Waals surface area (Å²) >= 11 is 0. The standard InChI is InChI=1S/C21H24N2O7/c24-18(25)12-17(20(27)28)22-19(26)16(11-14-7-3-1-4-8-14)23-21(29)30-13-15-9-5-2-6-10-15/h1-9,15-17H,10-13H2,(H,22,26)(H,23,29)(H,24,25)(H,27,28). The molecule has 0 saturated heterocycles. The van der Waals surface area contributed by atoms with Gasteiger partial charge < -0.3 is 25.6 Å². The van der Waals surface area contributed by atoms with E-state index in [-0.39, 0.29) is 18.9 Å². The van der Waals surface area contributed by atoms with Crippen LogP contribution in [-0.4, -0.2) is 52.8 Å². The number of carbonyl (C=O) groups excluding carboxylic acids is 2. The Bertz CT molecular complexity index is 820. The highest BCUT2D eigenvalue weighted by molar-refractivity contribution is 5.91. The van der Waals surface area contributed by atoms with Crippen LogP contribution in [0.5, 0.6) is 0 Å². The van der Waals surface area contributed by atoms with Crippen LogP contribution in [0.25, 0.3) is 0 Å². The highest BCUT2D eigenvalue weighted by Crippen LogP contribution is 2.12. The van der Waals surface area contributed by atoms with Crippen molar-refractivity contribution < 1.29 is 34.1 Å². The van der Waals surface area contributed by atoms with Gasteiger partial charge in [0.25, 0.3) is 0 Å². The van der Waals surface area contributed by atoms with E-state index in [1.165, 1.54) is 0 Å². The van der Waals surface area contributed by atoms with Gasteiger partial charge in [-0.3, -0.25) is 9.59 Å². The Morgan fingerprint density at radius 2 is 1.77 bits per heavy atom. The molecule has 30 heavy (non-hydrogen) atoms. The molecule has 0 aliphatic heterocycles. The maximum Gasteiger partial charge on any atom is 0.407 e. The maximum absolute atomic E-state index is 12.6. The third-order valence-electron chi connectivity index (χ3n) is 4.38. The number of carbonyl (C=O) groups is 4. The van der Waals surface area contributed by atoms with Crippen LogP contribution in [-0.2, 0) is 25.5 Å². The molecule has 160 valence electrons.